The predicted octanol–water partition coefficient (Wildman–Crippen LogP) is 2.63. The monoisotopic (exact) mass is 398 g/mol. The molecule has 0 atom stereocenters. The molecule has 0 radical (unpaired) electrons. The standard InChI is InChI=1S/C22H23FN2O4/c23-17-5-4-6-18(13-17)25-16-22(29-15-21(25)27)9-11-24(12-10-22)20(26)14-28-19-7-2-1-3-8-19/h1-8,13H,9-12,14-16H2. The molecule has 4 rings (SSSR count). The summed E-state index contributed by atoms with van der Waals surface area (Å²) in [6.07, 6.45) is 1.23. The van der Waals surface area contributed by atoms with Crippen LogP contribution in [0.2, 0.25) is 0 Å². The van der Waals surface area contributed by atoms with Gasteiger partial charge in [-0.15, -0.1) is 0 Å². The van der Waals surface area contributed by atoms with Gasteiger partial charge in [0.25, 0.3) is 11.8 Å². The van der Waals surface area contributed by atoms with Crippen LogP contribution in [0.5, 0.6) is 5.75 Å². The van der Waals surface area contributed by atoms with Gasteiger partial charge in [0.2, 0.25) is 0 Å². The van der Waals surface area contributed by atoms with Gasteiger partial charge >= 0.3 is 0 Å². The minimum absolute atomic E-state index is 0.00816. The van der Waals surface area contributed by atoms with Crippen LogP contribution in [0.3, 0.4) is 0 Å². The summed E-state index contributed by atoms with van der Waals surface area (Å²) >= 11 is 0. The number of hydrogen-bond acceptors (Lipinski definition) is 4. The molecule has 2 heterocycles. The zero-order valence-corrected chi connectivity index (χ0v) is 16.1. The Morgan fingerprint density at radius 2 is 1.86 bits per heavy atom. The second-order valence-corrected chi connectivity index (χ2v) is 7.41. The Labute approximate surface area is 168 Å². The van der Waals surface area contributed by atoms with Gasteiger partial charge in [-0.25, -0.2) is 4.39 Å². The number of halogens is 1. The molecule has 2 amide bonds. The number of piperidine rings is 1. The summed E-state index contributed by atoms with van der Waals surface area (Å²) in [5.41, 5.74) is 0.0181. The molecule has 2 aliphatic rings. The Bertz CT molecular complexity index is 881. The van der Waals surface area contributed by atoms with Gasteiger partial charge in [-0.05, 0) is 43.2 Å². The van der Waals surface area contributed by atoms with Crippen molar-refractivity contribution in [3.8, 4) is 5.75 Å². The SMILES string of the molecule is O=C(COc1ccccc1)N1CCC2(CC1)CN(c1cccc(F)c1)C(=O)CO2. The highest BCUT2D eigenvalue weighted by Gasteiger charge is 2.43. The van der Waals surface area contributed by atoms with Gasteiger partial charge in [0.15, 0.2) is 6.61 Å². The van der Waals surface area contributed by atoms with Crippen molar-refractivity contribution < 1.29 is 23.5 Å². The Hall–Kier alpha value is -2.93. The number of morpholine rings is 1. The molecule has 0 unspecified atom stereocenters. The zero-order chi connectivity index (χ0) is 20.3. The van der Waals surface area contributed by atoms with Crippen LogP contribution in [0.25, 0.3) is 0 Å². The number of ether oxygens (including phenoxy) is 2. The van der Waals surface area contributed by atoms with Crippen LogP contribution in [0.1, 0.15) is 12.8 Å². The number of hydrogen-bond donors (Lipinski definition) is 0. The third kappa shape index (κ3) is 4.40. The fourth-order valence-electron chi connectivity index (χ4n) is 3.81. The summed E-state index contributed by atoms with van der Waals surface area (Å²) in [7, 11) is 0. The normalized spacial score (nSPS) is 18.7. The molecule has 2 aromatic rings. The van der Waals surface area contributed by atoms with Gasteiger partial charge in [-0.3, -0.25) is 9.59 Å². The van der Waals surface area contributed by atoms with Crippen LogP contribution in [0.4, 0.5) is 10.1 Å². The maximum absolute atomic E-state index is 13.6. The van der Waals surface area contributed by atoms with Crippen molar-refractivity contribution in [3.63, 3.8) is 0 Å². The Morgan fingerprint density at radius 1 is 1.10 bits per heavy atom. The molecule has 6 nitrogen and oxygen atoms in total. The largest absolute Gasteiger partial charge is 0.484 e. The number of para-hydroxylation sites is 1. The Balaban J connectivity index is 1.35. The quantitative estimate of drug-likeness (QED) is 0.795. The van der Waals surface area contributed by atoms with E-state index in [0.29, 0.717) is 43.9 Å². The second kappa shape index (κ2) is 8.21. The van der Waals surface area contributed by atoms with Crippen LogP contribution >= 0.6 is 0 Å². The molecular weight excluding hydrogens is 375 g/mol. The van der Waals surface area contributed by atoms with E-state index < -0.39 is 5.60 Å². The molecular formula is C22H23FN2O4. The smallest absolute Gasteiger partial charge is 0.260 e. The summed E-state index contributed by atoms with van der Waals surface area (Å²) in [4.78, 5) is 28.1. The molecule has 29 heavy (non-hydrogen) atoms. The van der Waals surface area contributed by atoms with E-state index in [1.807, 2.05) is 30.3 Å². The molecule has 0 N–H and O–H groups in total. The van der Waals surface area contributed by atoms with E-state index in [9.17, 15) is 14.0 Å². The number of likely N-dealkylation sites (tertiary alicyclic amines) is 1. The van der Waals surface area contributed by atoms with Crippen LogP contribution in [-0.2, 0) is 14.3 Å². The first kappa shape index (κ1) is 19.4. The highest BCUT2D eigenvalue weighted by Crippen LogP contribution is 2.33. The topological polar surface area (TPSA) is 59.1 Å². The minimum Gasteiger partial charge on any atom is -0.484 e. The summed E-state index contributed by atoms with van der Waals surface area (Å²) in [6.45, 7) is 1.37. The first-order valence-electron chi connectivity index (χ1n) is 9.70. The van der Waals surface area contributed by atoms with Crippen molar-refractivity contribution in [1.29, 1.82) is 0 Å². The molecule has 2 saturated heterocycles. The number of carbonyl (C=O) groups is 2. The molecule has 0 aliphatic carbocycles. The number of benzene rings is 2. The van der Waals surface area contributed by atoms with Crippen molar-refractivity contribution in [2.45, 2.75) is 18.4 Å². The van der Waals surface area contributed by atoms with Crippen molar-refractivity contribution >= 4 is 17.5 Å². The molecule has 0 bridgehead atoms. The lowest BCUT2D eigenvalue weighted by Gasteiger charge is -2.46. The van der Waals surface area contributed by atoms with Crippen molar-refractivity contribution in [2.24, 2.45) is 0 Å². The Kier molecular flexibility index (Phi) is 5.49. The van der Waals surface area contributed by atoms with E-state index in [2.05, 4.69) is 0 Å². The van der Waals surface area contributed by atoms with E-state index in [0.717, 1.165) is 0 Å². The van der Waals surface area contributed by atoms with E-state index >= 15 is 0 Å². The zero-order valence-electron chi connectivity index (χ0n) is 16.1. The van der Waals surface area contributed by atoms with Crippen LogP contribution < -0.4 is 9.64 Å². The van der Waals surface area contributed by atoms with E-state index in [-0.39, 0.29) is 30.8 Å². The average Bonchev–Trinajstić information content (AvgIpc) is 2.75. The van der Waals surface area contributed by atoms with Gasteiger partial charge < -0.3 is 19.3 Å². The molecule has 0 saturated carbocycles. The van der Waals surface area contributed by atoms with Crippen molar-refractivity contribution in [3.05, 3.63) is 60.4 Å². The lowest BCUT2D eigenvalue weighted by atomic mass is 9.89. The van der Waals surface area contributed by atoms with Gasteiger partial charge in [-0.1, -0.05) is 24.3 Å². The number of carbonyl (C=O) groups excluding carboxylic acids is 2. The summed E-state index contributed by atoms with van der Waals surface area (Å²) in [5.74, 6) is 0.0254. The number of amides is 2. The maximum Gasteiger partial charge on any atom is 0.260 e. The molecule has 7 heteroatoms. The van der Waals surface area contributed by atoms with E-state index in [4.69, 9.17) is 9.47 Å². The predicted molar refractivity (Wildman–Crippen MR) is 105 cm³/mol. The second-order valence-electron chi connectivity index (χ2n) is 7.41. The summed E-state index contributed by atoms with van der Waals surface area (Å²) in [5, 5.41) is 0. The van der Waals surface area contributed by atoms with Gasteiger partial charge in [0.1, 0.15) is 18.2 Å². The first-order chi connectivity index (χ1) is 14.0. The molecule has 152 valence electrons. The first-order valence-corrected chi connectivity index (χ1v) is 9.70. The number of nitrogens with zero attached hydrogens (tertiary/aromatic N) is 2. The fourth-order valence-corrected chi connectivity index (χ4v) is 3.81. The van der Waals surface area contributed by atoms with Crippen molar-refractivity contribution in [1.82, 2.24) is 4.90 Å². The van der Waals surface area contributed by atoms with Gasteiger partial charge in [0, 0.05) is 18.8 Å². The fraction of sp³-hybridized carbons (Fsp3) is 0.364. The highest BCUT2D eigenvalue weighted by molar-refractivity contribution is 5.95. The van der Waals surface area contributed by atoms with E-state index in [1.54, 1.807) is 21.9 Å². The molecule has 2 aliphatic heterocycles. The lowest BCUT2D eigenvalue weighted by molar-refractivity contribution is -0.151. The van der Waals surface area contributed by atoms with Crippen LogP contribution in [-0.4, -0.2) is 55.2 Å². The van der Waals surface area contributed by atoms with Crippen LogP contribution in [0, 0.1) is 5.82 Å². The summed E-state index contributed by atoms with van der Waals surface area (Å²) < 4.78 is 25.0. The highest BCUT2D eigenvalue weighted by atomic mass is 19.1. The number of rotatable bonds is 4. The van der Waals surface area contributed by atoms with Crippen molar-refractivity contribution in [2.75, 3.05) is 37.7 Å². The van der Waals surface area contributed by atoms with Crippen LogP contribution in [0.15, 0.2) is 54.6 Å². The van der Waals surface area contributed by atoms with Gasteiger partial charge in [-0.2, -0.15) is 0 Å². The Morgan fingerprint density at radius 3 is 2.59 bits per heavy atom. The molecule has 1 spiro atoms. The van der Waals surface area contributed by atoms with E-state index in [1.165, 1.54) is 12.1 Å². The number of anilines is 1. The molecule has 2 fully saturated rings. The minimum atomic E-state index is -0.517. The third-order valence-corrected chi connectivity index (χ3v) is 5.50. The van der Waals surface area contributed by atoms with Gasteiger partial charge in [0.05, 0.1) is 12.1 Å². The maximum atomic E-state index is 13.6. The third-order valence-electron chi connectivity index (χ3n) is 5.50. The molecule has 0 aromatic heterocycles. The summed E-state index contributed by atoms with van der Waals surface area (Å²) in [6, 6.07) is 15.3. The average molecular weight is 398 g/mol. The lowest BCUT2D eigenvalue weighted by Crippen LogP contribution is -2.59. The molecule has 2 aromatic carbocycles.